The van der Waals surface area contributed by atoms with Gasteiger partial charge in [0.15, 0.2) is 23.1 Å². The van der Waals surface area contributed by atoms with E-state index < -0.39 is 11.4 Å². The minimum Gasteiger partial charge on any atom is -1.00 e. The van der Waals surface area contributed by atoms with E-state index in [0.717, 1.165) is 12.0 Å². The van der Waals surface area contributed by atoms with E-state index in [1.807, 2.05) is 93.6 Å². The number of benzene rings is 3. The van der Waals surface area contributed by atoms with Crippen LogP contribution in [0.5, 0.6) is 0 Å². The molecule has 1 atom stereocenters. The Morgan fingerprint density at radius 3 is 1.24 bits per heavy atom. The molecule has 9 heteroatoms. The number of hydrogen-bond acceptors (Lipinski definition) is 3. The molecule has 0 aliphatic rings. The maximum absolute atomic E-state index is 11.0. The number of allylic oxidation sites excluding steroid dienone is 2. The molecule has 0 saturated heterocycles. The van der Waals surface area contributed by atoms with Crippen LogP contribution in [0.15, 0.2) is 109 Å². The fourth-order valence-electron chi connectivity index (χ4n) is 4.15. The summed E-state index contributed by atoms with van der Waals surface area (Å²) in [6.45, 7) is 17.4. The summed E-state index contributed by atoms with van der Waals surface area (Å²) in [5.41, 5.74) is 3.61. The molecule has 1 N–H and O–H groups in total. The summed E-state index contributed by atoms with van der Waals surface area (Å²) in [6.07, 6.45) is 2.78. The molecule has 0 aromatic heterocycles. The van der Waals surface area contributed by atoms with E-state index in [9.17, 15) is 14.7 Å². The van der Waals surface area contributed by atoms with Gasteiger partial charge in [-0.25, -0.2) is 30.1 Å². The number of Topliss-reactive ketones (excluding diaryl/α,β-unsaturated/α-hetero) is 1. The first-order valence-corrected chi connectivity index (χ1v) is 19.5. The molecular weight excluding hydrogens is 648 g/mol. The van der Waals surface area contributed by atoms with Gasteiger partial charge in [0, 0.05) is 6.42 Å². The average molecular weight is 702 g/mol. The zero-order chi connectivity index (χ0) is 33.5. The zero-order valence-corrected chi connectivity index (χ0v) is 31.7. The van der Waals surface area contributed by atoms with E-state index in [4.69, 9.17) is 30.1 Å². The molecule has 0 amide bonds. The van der Waals surface area contributed by atoms with Crippen LogP contribution in [0.2, 0.25) is 0 Å². The van der Waals surface area contributed by atoms with Gasteiger partial charge in [-0.3, -0.25) is 9.59 Å². The van der Waals surface area contributed by atoms with Gasteiger partial charge in [0.25, 0.3) is 0 Å². The SMILES string of the molecule is CC(=O)C=C(C)C.CC(=O)CC(C)(C)c1ccccc1.CC(O)CC(C)(C)c1ccccc1.[AlH3].[Cl][Al]([Cl])[Cl].[H-].[Li+].c1ccccc1. The van der Waals surface area contributed by atoms with Crippen molar-refractivity contribution in [2.24, 2.45) is 0 Å². The van der Waals surface area contributed by atoms with Gasteiger partial charge >= 0.3 is 30.2 Å². The van der Waals surface area contributed by atoms with Crippen LogP contribution in [-0.2, 0) is 20.4 Å². The number of carbonyl (C=O) groups is 2. The molecule has 0 fully saturated rings. The van der Waals surface area contributed by atoms with Crippen LogP contribution in [0.4, 0.5) is 0 Å². The van der Waals surface area contributed by atoms with Crippen molar-refractivity contribution in [3.63, 3.8) is 0 Å². The van der Waals surface area contributed by atoms with Crippen LogP contribution in [-0.4, -0.2) is 51.5 Å². The zero-order valence-electron chi connectivity index (χ0n) is 29.3. The summed E-state index contributed by atoms with van der Waals surface area (Å²) in [4.78, 5) is 21.2. The number of carbonyl (C=O) groups excluding carboxylic acids is 2. The Kier molecular flexibility index (Phi) is 33.3. The second kappa shape index (κ2) is 29.4. The van der Waals surface area contributed by atoms with E-state index >= 15 is 0 Å². The molecule has 0 bridgehead atoms. The maximum atomic E-state index is 11.0. The third kappa shape index (κ3) is 32.9. The Labute approximate surface area is 314 Å². The predicted molar refractivity (Wildman–Crippen MR) is 201 cm³/mol. The second-order valence-electron chi connectivity index (χ2n) is 11.7. The fraction of sp³-hybridized carbons (Fsp3) is 0.389. The van der Waals surface area contributed by atoms with E-state index in [1.165, 1.54) is 11.1 Å². The molecular formula is C36H54Al2Cl3LiO3. The summed E-state index contributed by atoms with van der Waals surface area (Å²) in [5.74, 6) is 0.369. The topological polar surface area (TPSA) is 54.4 Å². The molecule has 3 nitrogen and oxygen atoms in total. The van der Waals surface area contributed by atoms with E-state index in [1.54, 1.807) is 19.9 Å². The predicted octanol–water partition coefficient (Wildman–Crippen LogP) is 6.53. The fourth-order valence-corrected chi connectivity index (χ4v) is 4.15. The van der Waals surface area contributed by atoms with Gasteiger partial charge in [0.1, 0.15) is 5.78 Å². The minimum atomic E-state index is -1.72. The monoisotopic (exact) mass is 700 g/mol. The van der Waals surface area contributed by atoms with Crippen molar-refractivity contribution in [2.45, 2.75) is 92.1 Å². The Morgan fingerprint density at radius 2 is 1.02 bits per heavy atom. The second-order valence-corrected chi connectivity index (χ2v) is 18.1. The number of ketones is 2. The first-order valence-electron chi connectivity index (χ1n) is 14.3. The molecule has 3 aromatic rings. The van der Waals surface area contributed by atoms with Gasteiger partial charge in [-0.1, -0.05) is 130 Å². The van der Waals surface area contributed by atoms with Crippen molar-refractivity contribution < 1.29 is 35.0 Å². The van der Waals surface area contributed by atoms with Gasteiger partial charge in [0.05, 0.1) is 6.10 Å². The Balaban J connectivity index is -0.000000159. The van der Waals surface area contributed by atoms with E-state index in [-0.39, 0.29) is 66.1 Å². The van der Waals surface area contributed by atoms with Crippen LogP contribution in [0, 0.1) is 0 Å². The third-order valence-electron chi connectivity index (χ3n) is 5.77. The molecule has 45 heavy (non-hydrogen) atoms. The number of aliphatic hydroxyl groups is 1. The normalized spacial score (nSPS) is 10.2. The quantitative estimate of drug-likeness (QED) is 0.225. The molecule has 1 unspecified atom stereocenters. The van der Waals surface area contributed by atoms with Crippen LogP contribution in [0.25, 0.3) is 0 Å². The van der Waals surface area contributed by atoms with Gasteiger partial charge < -0.3 is 6.53 Å². The van der Waals surface area contributed by atoms with Crippen molar-refractivity contribution in [3.05, 3.63) is 120 Å². The molecule has 0 radical (unpaired) electrons. The minimum absolute atomic E-state index is 0. The molecule has 0 spiro atoms. The Morgan fingerprint density at radius 1 is 0.733 bits per heavy atom. The standard InChI is InChI=1S/C12H18O.C12H16O.C6H10O.C6H6.2Al.3ClH.Li.4H/c2*1-10(13)9-12(2,3)11-7-5-4-6-8-11;1-5(2)4-6(3)7;1-2-4-6-5-3-1;;;;;;;;;;/h4-8,10,13H,9H2,1-3H3;4-8H,9H2,1-3H3;4H,1-3H3;1-6H;;;3*1H;;;;;/q;;;;;+3;;;;+1;;;;-1/p-3. The Hall–Kier alpha value is -0.768. The van der Waals surface area contributed by atoms with E-state index in [0.29, 0.717) is 6.42 Å². The molecule has 0 aliphatic heterocycles. The van der Waals surface area contributed by atoms with Crippen LogP contribution < -0.4 is 18.9 Å². The summed E-state index contributed by atoms with van der Waals surface area (Å²) in [5, 5.41) is 9.35. The molecule has 3 rings (SSSR count). The van der Waals surface area contributed by atoms with Crippen LogP contribution in [0.1, 0.15) is 87.7 Å². The van der Waals surface area contributed by atoms with Crippen molar-refractivity contribution in [2.75, 3.05) is 0 Å². The number of rotatable bonds is 7. The number of halogens is 3. The molecule has 0 aliphatic carbocycles. The summed E-state index contributed by atoms with van der Waals surface area (Å²) in [6, 6.07) is 32.5. The number of aliphatic hydroxyl groups excluding tert-OH is 1. The average Bonchev–Trinajstić information content (AvgIpc) is 2.89. The molecule has 3 aromatic carbocycles. The summed E-state index contributed by atoms with van der Waals surface area (Å²) < 4.78 is 0. The smallest absolute Gasteiger partial charge is 1.00 e. The summed E-state index contributed by atoms with van der Waals surface area (Å²) in [7, 11) is 14.8. The molecule has 244 valence electrons. The van der Waals surface area contributed by atoms with Crippen molar-refractivity contribution >= 4 is 70.5 Å². The maximum Gasteiger partial charge on any atom is 1.00 e. The largest absolute Gasteiger partial charge is 1.00 e. The van der Waals surface area contributed by atoms with E-state index in [2.05, 4.69) is 52.0 Å². The Bertz CT molecular complexity index is 1130. The first kappa shape index (κ1) is 51.1. The van der Waals surface area contributed by atoms with Gasteiger partial charge in [-0.2, -0.15) is 0 Å². The number of hydrogen-bond donors (Lipinski definition) is 1. The van der Waals surface area contributed by atoms with Gasteiger partial charge in [-0.05, 0) is 69.1 Å². The van der Waals surface area contributed by atoms with Crippen molar-refractivity contribution in [3.8, 4) is 0 Å². The first-order chi connectivity index (χ1) is 19.9. The van der Waals surface area contributed by atoms with Crippen molar-refractivity contribution in [1.82, 2.24) is 0 Å². The third-order valence-corrected chi connectivity index (χ3v) is 5.77. The van der Waals surface area contributed by atoms with Crippen LogP contribution in [0.3, 0.4) is 0 Å². The van der Waals surface area contributed by atoms with Crippen LogP contribution >= 0.6 is 30.1 Å². The molecule has 0 saturated carbocycles. The van der Waals surface area contributed by atoms with Gasteiger partial charge in [0.2, 0.25) is 0 Å². The summed E-state index contributed by atoms with van der Waals surface area (Å²) >= 11 is -1.72. The molecule has 0 heterocycles. The van der Waals surface area contributed by atoms with Gasteiger partial charge in [-0.15, -0.1) is 0 Å². The van der Waals surface area contributed by atoms with Crippen molar-refractivity contribution in [1.29, 1.82) is 0 Å².